The van der Waals surface area contributed by atoms with E-state index in [9.17, 15) is 14.4 Å². The van der Waals surface area contributed by atoms with Gasteiger partial charge in [-0.3, -0.25) is 9.59 Å². The first-order valence-electron chi connectivity index (χ1n) is 7.66. The lowest BCUT2D eigenvalue weighted by Crippen LogP contribution is -2.43. The maximum Gasteiger partial charge on any atom is 0.224 e. The van der Waals surface area contributed by atoms with Gasteiger partial charge in [0.1, 0.15) is 12.3 Å². The van der Waals surface area contributed by atoms with E-state index < -0.39 is 12.0 Å². The minimum Gasteiger partial charge on any atom is -0.303 e. The number of aldehydes is 1. The molecule has 4 nitrogen and oxygen atoms in total. The molecule has 2 atom stereocenters. The number of hydrogen-bond donors (Lipinski definition) is 0. The van der Waals surface area contributed by atoms with Crippen LogP contribution in [0.25, 0.3) is 0 Å². The maximum absolute atomic E-state index is 12.9. The van der Waals surface area contributed by atoms with Gasteiger partial charge in [0.15, 0.2) is 5.78 Å². The van der Waals surface area contributed by atoms with Crippen LogP contribution in [0.15, 0.2) is 48.5 Å². The van der Waals surface area contributed by atoms with Crippen LogP contribution in [0.1, 0.15) is 35.2 Å². The van der Waals surface area contributed by atoms with Crippen LogP contribution < -0.4 is 4.90 Å². The zero-order valence-corrected chi connectivity index (χ0v) is 13.9. The number of rotatable bonds is 4. The maximum atomic E-state index is 12.9. The third-order valence-electron chi connectivity index (χ3n) is 4.34. The van der Waals surface area contributed by atoms with Crippen LogP contribution in [0.4, 0.5) is 5.69 Å². The summed E-state index contributed by atoms with van der Waals surface area (Å²) in [6.07, 6.45) is 0.934. The SMILES string of the molecule is CC(=O)N1c2ccccc2C(=O)[C@H]1[C@@H](CC=O)c1ccc(Cl)cc1. The first kappa shape index (κ1) is 16.4. The highest BCUT2D eigenvalue weighted by molar-refractivity contribution is 6.30. The van der Waals surface area contributed by atoms with Gasteiger partial charge in [-0.1, -0.05) is 35.9 Å². The van der Waals surface area contributed by atoms with E-state index in [0.717, 1.165) is 11.8 Å². The van der Waals surface area contributed by atoms with Crippen molar-refractivity contribution in [2.24, 2.45) is 0 Å². The first-order chi connectivity index (χ1) is 11.5. The number of carbonyl (C=O) groups excluding carboxylic acids is 3. The zero-order chi connectivity index (χ0) is 17.3. The highest BCUT2D eigenvalue weighted by atomic mass is 35.5. The lowest BCUT2D eigenvalue weighted by atomic mass is 9.86. The van der Waals surface area contributed by atoms with Crippen LogP contribution in [0.2, 0.25) is 5.02 Å². The standard InChI is InChI=1S/C19H16ClNO3/c1-12(23)21-17-5-3-2-4-16(17)19(24)18(21)15(10-11-22)13-6-8-14(20)9-7-13/h2-9,11,15,18H,10H2,1H3/t15-,18+/m0/s1. The van der Waals surface area contributed by atoms with Gasteiger partial charge < -0.3 is 9.69 Å². The number of amides is 1. The van der Waals surface area contributed by atoms with Gasteiger partial charge in [-0.15, -0.1) is 0 Å². The average molecular weight is 342 g/mol. The number of carbonyl (C=O) groups is 3. The van der Waals surface area contributed by atoms with E-state index in [0.29, 0.717) is 16.3 Å². The molecule has 2 aromatic rings. The van der Waals surface area contributed by atoms with Crippen molar-refractivity contribution in [2.75, 3.05) is 4.90 Å². The van der Waals surface area contributed by atoms with Gasteiger partial charge in [-0.25, -0.2) is 0 Å². The summed E-state index contributed by atoms with van der Waals surface area (Å²) in [6.45, 7) is 1.43. The second-order valence-corrected chi connectivity index (χ2v) is 6.21. The molecule has 0 aliphatic carbocycles. The monoisotopic (exact) mass is 341 g/mol. The van der Waals surface area contributed by atoms with Crippen molar-refractivity contribution < 1.29 is 14.4 Å². The molecule has 0 N–H and O–H groups in total. The van der Waals surface area contributed by atoms with E-state index in [1.165, 1.54) is 11.8 Å². The lowest BCUT2D eigenvalue weighted by Gasteiger charge is -2.29. The van der Waals surface area contributed by atoms with Gasteiger partial charge in [0.05, 0.1) is 5.69 Å². The molecule has 3 rings (SSSR count). The topological polar surface area (TPSA) is 54.5 Å². The molecule has 1 amide bonds. The Morgan fingerprint density at radius 3 is 2.50 bits per heavy atom. The molecule has 0 radical (unpaired) electrons. The summed E-state index contributed by atoms with van der Waals surface area (Å²) in [5.74, 6) is -0.769. The molecule has 1 aliphatic rings. The van der Waals surface area contributed by atoms with Crippen molar-refractivity contribution in [2.45, 2.75) is 25.3 Å². The Kier molecular flexibility index (Phi) is 4.49. The number of Topliss-reactive ketones (excluding diaryl/α,β-unsaturated/α-hetero) is 1. The summed E-state index contributed by atoms with van der Waals surface area (Å²) in [5, 5.41) is 0.577. The summed E-state index contributed by atoms with van der Waals surface area (Å²) in [5.41, 5.74) is 1.93. The Morgan fingerprint density at radius 2 is 1.88 bits per heavy atom. The third kappa shape index (κ3) is 2.74. The minimum atomic E-state index is -0.716. The predicted molar refractivity (Wildman–Crippen MR) is 92.6 cm³/mol. The van der Waals surface area contributed by atoms with E-state index >= 15 is 0 Å². The van der Waals surface area contributed by atoms with E-state index in [-0.39, 0.29) is 18.1 Å². The second-order valence-electron chi connectivity index (χ2n) is 5.78. The molecule has 0 saturated carbocycles. The van der Waals surface area contributed by atoms with Crippen molar-refractivity contribution >= 4 is 35.3 Å². The normalized spacial score (nSPS) is 17.5. The molecular formula is C19H16ClNO3. The smallest absolute Gasteiger partial charge is 0.224 e. The average Bonchev–Trinajstić information content (AvgIpc) is 2.87. The van der Waals surface area contributed by atoms with Crippen LogP contribution in [-0.4, -0.2) is 24.0 Å². The summed E-state index contributed by atoms with van der Waals surface area (Å²) >= 11 is 5.93. The van der Waals surface area contributed by atoms with E-state index in [1.807, 2.05) is 0 Å². The Labute approximate surface area is 145 Å². The second kappa shape index (κ2) is 6.57. The molecule has 1 aliphatic heterocycles. The van der Waals surface area contributed by atoms with Gasteiger partial charge in [-0.05, 0) is 29.8 Å². The number of hydrogen-bond acceptors (Lipinski definition) is 3. The number of benzene rings is 2. The molecule has 5 heteroatoms. The Hall–Kier alpha value is -2.46. The molecule has 0 spiro atoms. The van der Waals surface area contributed by atoms with Crippen molar-refractivity contribution in [3.05, 3.63) is 64.7 Å². The summed E-state index contributed by atoms with van der Waals surface area (Å²) < 4.78 is 0. The number of nitrogens with zero attached hydrogens (tertiary/aromatic N) is 1. The van der Waals surface area contributed by atoms with Crippen LogP contribution in [0.5, 0.6) is 0 Å². The van der Waals surface area contributed by atoms with Crippen LogP contribution in [0.3, 0.4) is 0 Å². The fourth-order valence-electron chi connectivity index (χ4n) is 3.31. The molecular weight excluding hydrogens is 326 g/mol. The molecule has 0 unspecified atom stereocenters. The molecule has 0 aromatic heterocycles. The van der Waals surface area contributed by atoms with Crippen LogP contribution in [0, 0.1) is 0 Å². The highest BCUT2D eigenvalue weighted by Gasteiger charge is 2.44. The Bertz CT molecular complexity index is 801. The molecule has 122 valence electrons. The molecule has 24 heavy (non-hydrogen) atoms. The Morgan fingerprint density at radius 1 is 1.21 bits per heavy atom. The fraction of sp³-hybridized carbons (Fsp3) is 0.211. The van der Waals surface area contributed by atoms with Gasteiger partial charge in [0, 0.05) is 29.8 Å². The molecule has 1 heterocycles. The van der Waals surface area contributed by atoms with E-state index in [1.54, 1.807) is 48.5 Å². The third-order valence-corrected chi connectivity index (χ3v) is 4.60. The van der Waals surface area contributed by atoms with Crippen molar-refractivity contribution in [1.29, 1.82) is 0 Å². The molecule has 2 aromatic carbocycles. The highest BCUT2D eigenvalue weighted by Crippen LogP contribution is 2.39. The van der Waals surface area contributed by atoms with Gasteiger partial charge in [-0.2, -0.15) is 0 Å². The largest absolute Gasteiger partial charge is 0.303 e. The number of para-hydroxylation sites is 1. The van der Waals surface area contributed by atoms with E-state index in [2.05, 4.69) is 0 Å². The van der Waals surface area contributed by atoms with Crippen LogP contribution in [-0.2, 0) is 9.59 Å². The summed E-state index contributed by atoms with van der Waals surface area (Å²) in [7, 11) is 0. The number of halogens is 1. The molecule has 0 fully saturated rings. The summed E-state index contributed by atoms with van der Waals surface area (Å²) in [4.78, 5) is 37.9. The first-order valence-corrected chi connectivity index (χ1v) is 8.04. The number of fused-ring (bicyclic) bond motifs is 1. The number of ketones is 1. The van der Waals surface area contributed by atoms with Crippen molar-refractivity contribution in [3.63, 3.8) is 0 Å². The zero-order valence-electron chi connectivity index (χ0n) is 13.1. The summed E-state index contributed by atoms with van der Waals surface area (Å²) in [6, 6.07) is 13.4. The molecule has 0 saturated heterocycles. The predicted octanol–water partition coefficient (Wildman–Crippen LogP) is 3.63. The lowest BCUT2D eigenvalue weighted by molar-refractivity contribution is -0.117. The van der Waals surface area contributed by atoms with Crippen molar-refractivity contribution in [3.8, 4) is 0 Å². The van der Waals surface area contributed by atoms with Gasteiger partial charge in [0.2, 0.25) is 5.91 Å². The van der Waals surface area contributed by atoms with Crippen molar-refractivity contribution in [1.82, 2.24) is 0 Å². The van der Waals surface area contributed by atoms with E-state index in [4.69, 9.17) is 11.6 Å². The number of anilines is 1. The Balaban J connectivity index is 2.10. The van der Waals surface area contributed by atoms with Crippen LogP contribution >= 0.6 is 11.6 Å². The van der Waals surface area contributed by atoms with Gasteiger partial charge >= 0.3 is 0 Å². The quantitative estimate of drug-likeness (QED) is 0.798. The fourth-order valence-corrected chi connectivity index (χ4v) is 3.43. The molecule has 0 bridgehead atoms. The van der Waals surface area contributed by atoms with Gasteiger partial charge in [0.25, 0.3) is 0 Å². The minimum absolute atomic E-state index is 0.136.